The third kappa shape index (κ3) is 2.82. The van der Waals surface area contributed by atoms with Crippen molar-refractivity contribution in [3.05, 3.63) is 54.6 Å². The Hall–Kier alpha value is -3.15. The molecule has 2 N–H and O–H groups in total. The van der Waals surface area contributed by atoms with E-state index in [9.17, 15) is 14.4 Å². The van der Waals surface area contributed by atoms with Gasteiger partial charge >= 0.3 is 6.03 Å². The summed E-state index contributed by atoms with van der Waals surface area (Å²) in [5.74, 6) is -0.561. The highest BCUT2D eigenvalue weighted by molar-refractivity contribution is 6.07. The van der Waals surface area contributed by atoms with E-state index < -0.39 is 12.2 Å². The molecular weight excluding hydrogens is 366 g/mol. The lowest BCUT2D eigenvalue weighted by Crippen LogP contribution is -2.50. The van der Waals surface area contributed by atoms with Gasteiger partial charge in [0.1, 0.15) is 6.17 Å². The van der Waals surface area contributed by atoms with Crippen molar-refractivity contribution in [2.75, 3.05) is 5.32 Å². The SMILES string of the molecule is C[C@H](NC(=O)Nc1cccc2ccccc12)N1C(=O)[C@H]2[C@H](C1=O)[C@H]1C=C[C@H]2CC1. The quantitative estimate of drug-likeness (QED) is 0.623. The van der Waals surface area contributed by atoms with Crippen molar-refractivity contribution in [2.24, 2.45) is 23.7 Å². The van der Waals surface area contributed by atoms with Gasteiger partial charge in [-0.2, -0.15) is 0 Å². The van der Waals surface area contributed by atoms with E-state index in [-0.39, 0.29) is 35.5 Å². The fourth-order valence-corrected chi connectivity index (χ4v) is 5.23. The number of imide groups is 1. The molecule has 2 aromatic carbocycles. The zero-order chi connectivity index (χ0) is 20.1. The number of carbonyl (C=O) groups is 3. The van der Waals surface area contributed by atoms with Crippen LogP contribution in [0.2, 0.25) is 0 Å². The molecule has 1 heterocycles. The molecule has 0 radical (unpaired) electrons. The van der Waals surface area contributed by atoms with E-state index in [1.54, 1.807) is 6.92 Å². The number of carbonyl (C=O) groups excluding carboxylic acids is 3. The van der Waals surface area contributed by atoms with Gasteiger partial charge in [0, 0.05) is 5.39 Å². The highest BCUT2D eigenvalue weighted by Gasteiger charge is 2.57. The van der Waals surface area contributed by atoms with E-state index in [2.05, 4.69) is 22.8 Å². The fourth-order valence-electron chi connectivity index (χ4n) is 5.23. The Morgan fingerprint density at radius 2 is 1.59 bits per heavy atom. The molecule has 6 nitrogen and oxygen atoms in total. The summed E-state index contributed by atoms with van der Waals surface area (Å²) in [6.45, 7) is 1.69. The molecule has 148 valence electrons. The zero-order valence-corrected chi connectivity index (χ0v) is 16.2. The first-order valence-corrected chi connectivity index (χ1v) is 10.1. The number of rotatable bonds is 3. The number of fused-ring (bicyclic) bond motifs is 2. The Morgan fingerprint density at radius 3 is 2.24 bits per heavy atom. The third-order valence-corrected chi connectivity index (χ3v) is 6.56. The summed E-state index contributed by atoms with van der Waals surface area (Å²) in [6.07, 6.45) is 5.40. The first-order chi connectivity index (χ1) is 14.0. The van der Waals surface area contributed by atoms with Gasteiger partial charge in [-0.05, 0) is 43.1 Å². The average Bonchev–Trinajstić information content (AvgIpc) is 3.02. The van der Waals surface area contributed by atoms with E-state index in [4.69, 9.17) is 0 Å². The Labute approximate surface area is 168 Å². The van der Waals surface area contributed by atoms with Gasteiger partial charge in [0.05, 0.1) is 17.5 Å². The molecule has 2 aromatic rings. The largest absolute Gasteiger partial charge is 0.320 e. The first kappa shape index (κ1) is 17.9. The molecule has 4 aliphatic rings. The van der Waals surface area contributed by atoms with Crippen molar-refractivity contribution in [2.45, 2.75) is 25.9 Å². The van der Waals surface area contributed by atoms with Gasteiger partial charge in [-0.25, -0.2) is 4.79 Å². The molecule has 1 saturated carbocycles. The molecule has 2 bridgehead atoms. The molecule has 0 aromatic heterocycles. The van der Waals surface area contributed by atoms with Crippen LogP contribution in [-0.2, 0) is 9.59 Å². The number of likely N-dealkylation sites (tertiary alicyclic amines) is 1. The van der Waals surface area contributed by atoms with Crippen LogP contribution in [0.25, 0.3) is 10.8 Å². The topological polar surface area (TPSA) is 78.5 Å². The van der Waals surface area contributed by atoms with Gasteiger partial charge in [-0.15, -0.1) is 0 Å². The molecule has 6 heteroatoms. The molecule has 29 heavy (non-hydrogen) atoms. The molecule has 6 rings (SSSR count). The molecule has 0 spiro atoms. The van der Waals surface area contributed by atoms with Crippen molar-refractivity contribution in [3.63, 3.8) is 0 Å². The van der Waals surface area contributed by atoms with E-state index in [1.807, 2.05) is 42.5 Å². The number of hydrogen-bond donors (Lipinski definition) is 2. The summed E-state index contributed by atoms with van der Waals surface area (Å²) in [4.78, 5) is 39.9. The monoisotopic (exact) mass is 389 g/mol. The van der Waals surface area contributed by atoms with Crippen molar-refractivity contribution in [1.29, 1.82) is 0 Å². The van der Waals surface area contributed by atoms with Crippen molar-refractivity contribution in [3.8, 4) is 0 Å². The minimum atomic E-state index is -0.699. The second-order valence-electron chi connectivity index (χ2n) is 8.19. The van der Waals surface area contributed by atoms with Gasteiger partial charge in [0.2, 0.25) is 11.8 Å². The highest BCUT2D eigenvalue weighted by Crippen LogP contribution is 2.49. The maximum absolute atomic E-state index is 13.0. The number of allylic oxidation sites excluding steroid dienone is 2. The molecule has 1 aliphatic heterocycles. The van der Waals surface area contributed by atoms with Gasteiger partial charge in [-0.1, -0.05) is 48.6 Å². The van der Waals surface area contributed by atoms with E-state index >= 15 is 0 Å². The summed E-state index contributed by atoms with van der Waals surface area (Å²) in [7, 11) is 0. The molecule has 0 unspecified atom stereocenters. The van der Waals surface area contributed by atoms with Gasteiger partial charge in [0.25, 0.3) is 0 Å². The van der Waals surface area contributed by atoms with Crippen LogP contribution < -0.4 is 10.6 Å². The fraction of sp³-hybridized carbons (Fsp3) is 0.348. The molecule has 1 saturated heterocycles. The maximum Gasteiger partial charge on any atom is 0.320 e. The number of nitrogens with zero attached hydrogens (tertiary/aromatic N) is 1. The highest BCUT2D eigenvalue weighted by atomic mass is 16.2. The van der Waals surface area contributed by atoms with Gasteiger partial charge < -0.3 is 10.6 Å². The molecule has 5 atom stereocenters. The molecule has 3 aliphatic carbocycles. The first-order valence-electron chi connectivity index (χ1n) is 10.1. The lowest BCUT2D eigenvalue weighted by atomic mass is 9.63. The zero-order valence-electron chi connectivity index (χ0n) is 16.2. The van der Waals surface area contributed by atoms with Crippen molar-refractivity contribution in [1.82, 2.24) is 10.2 Å². The Kier molecular flexibility index (Phi) is 4.15. The smallest absolute Gasteiger partial charge is 0.317 e. The number of hydrogen-bond acceptors (Lipinski definition) is 3. The minimum Gasteiger partial charge on any atom is -0.317 e. The number of amides is 4. The van der Waals surface area contributed by atoms with Gasteiger partial charge in [0.15, 0.2) is 0 Å². The number of benzene rings is 2. The van der Waals surface area contributed by atoms with Crippen LogP contribution in [0, 0.1) is 23.7 Å². The van der Waals surface area contributed by atoms with E-state index in [0.717, 1.165) is 23.6 Å². The summed E-state index contributed by atoms with van der Waals surface area (Å²) in [5.41, 5.74) is 0.683. The number of nitrogens with one attached hydrogen (secondary N) is 2. The predicted octanol–water partition coefficient (Wildman–Crippen LogP) is 3.50. The Balaban J connectivity index is 1.31. The van der Waals surface area contributed by atoms with Crippen LogP contribution in [0.3, 0.4) is 0 Å². The predicted molar refractivity (Wildman–Crippen MR) is 110 cm³/mol. The lowest BCUT2D eigenvalue weighted by molar-refractivity contribution is -0.142. The molecule has 4 amide bonds. The van der Waals surface area contributed by atoms with Crippen LogP contribution in [0.5, 0.6) is 0 Å². The lowest BCUT2D eigenvalue weighted by Gasteiger charge is -2.38. The van der Waals surface area contributed by atoms with Crippen LogP contribution in [0.15, 0.2) is 54.6 Å². The van der Waals surface area contributed by atoms with Crippen molar-refractivity contribution >= 4 is 34.3 Å². The average molecular weight is 389 g/mol. The van der Waals surface area contributed by atoms with Crippen LogP contribution in [0.1, 0.15) is 19.8 Å². The standard InChI is InChI=1S/C23H23N3O3/c1-13(24-23(29)25-18-8-4-6-14-5-2-3-7-17(14)18)26-21(27)19-15-9-10-16(12-11-15)20(19)22(26)28/h2-10,13,15-16,19-20H,11-12H2,1H3,(H2,24,25,29)/t13-,15+,16+,19-,20-/m1/s1. The summed E-state index contributed by atoms with van der Waals surface area (Å²) >= 11 is 0. The summed E-state index contributed by atoms with van der Waals surface area (Å²) < 4.78 is 0. The van der Waals surface area contributed by atoms with Crippen LogP contribution in [0.4, 0.5) is 10.5 Å². The minimum absolute atomic E-state index is 0.142. The second-order valence-corrected chi connectivity index (χ2v) is 8.19. The summed E-state index contributed by atoms with van der Waals surface area (Å²) in [5, 5.41) is 7.57. The second kappa shape index (κ2) is 6.72. The Bertz CT molecular complexity index is 1010. The summed E-state index contributed by atoms with van der Waals surface area (Å²) in [6, 6.07) is 13.0. The van der Waals surface area contributed by atoms with E-state index in [0.29, 0.717) is 5.69 Å². The number of urea groups is 1. The molecule has 2 fully saturated rings. The maximum atomic E-state index is 13.0. The number of anilines is 1. The van der Waals surface area contributed by atoms with Crippen molar-refractivity contribution < 1.29 is 14.4 Å². The van der Waals surface area contributed by atoms with Crippen LogP contribution >= 0.6 is 0 Å². The van der Waals surface area contributed by atoms with Gasteiger partial charge in [-0.3, -0.25) is 14.5 Å². The van der Waals surface area contributed by atoms with Crippen LogP contribution in [-0.4, -0.2) is 28.9 Å². The van der Waals surface area contributed by atoms with E-state index in [1.165, 1.54) is 4.90 Å². The molecular formula is C23H23N3O3. The normalized spacial score (nSPS) is 28.5. The third-order valence-electron chi connectivity index (χ3n) is 6.56. The Morgan fingerprint density at radius 1 is 0.966 bits per heavy atom.